The number of rotatable bonds is 5. The van der Waals surface area contributed by atoms with Crippen molar-refractivity contribution in [2.45, 2.75) is 71.3 Å². The first-order valence-electron chi connectivity index (χ1n) is 11.6. The molecule has 0 saturated heterocycles. The molecule has 1 N–H and O–H groups in total. The Kier molecular flexibility index (Phi) is 6.72. The fraction of sp³-hybridized carbons (Fsp3) is 0.556. The Morgan fingerprint density at radius 1 is 0.724 bits per heavy atom. The molecule has 0 bridgehead atoms. The lowest BCUT2D eigenvalue weighted by Crippen LogP contribution is -2.27. The van der Waals surface area contributed by atoms with Crippen LogP contribution in [0, 0.1) is 30.6 Å². The van der Waals surface area contributed by atoms with Crippen LogP contribution in [0.25, 0.3) is 11.1 Å². The third kappa shape index (κ3) is 4.92. The van der Waals surface area contributed by atoms with Crippen molar-refractivity contribution in [3.8, 4) is 11.1 Å². The molecule has 0 spiro atoms. The average molecular weight is 393 g/mol. The highest BCUT2D eigenvalue weighted by molar-refractivity contribution is 5.64. The molecular formula is C27H36O2. The summed E-state index contributed by atoms with van der Waals surface area (Å²) in [4.78, 5) is 5.03. The van der Waals surface area contributed by atoms with Gasteiger partial charge in [0.25, 0.3) is 0 Å². The molecule has 0 aliphatic heterocycles. The summed E-state index contributed by atoms with van der Waals surface area (Å²) in [7, 11) is 0. The summed E-state index contributed by atoms with van der Waals surface area (Å²) >= 11 is 0. The van der Waals surface area contributed by atoms with E-state index >= 15 is 0 Å². The molecule has 0 heterocycles. The molecule has 1 atom stereocenters. The van der Waals surface area contributed by atoms with Gasteiger partial charge in [-0.2, -0.15) is 0 Å². The molecular weight excluding hydrogens is 356 g/mol. The minimum absolute atomic E-state index is 0.200. The van der Waals surface area contributed by atoms with Crippen LogP contribution in [-0.4, -0.2) is 5.26 Å². The molecule has 2 heteroatoms. The zero-order valence-corrected chi connectivity index (χ0v) is 18.0. The van der Waals surface area contributed by atoms with Crippen molar-refractivity contribution in [2.24, 2.45) is 23.7 Å². The van der Waals surface area contributed by atoms with E-state index in [1.165, 1.54) is 68.1 Å². The van der Waals surface area contributed by atoms with Gasteiger partial charge < -0.3 is 0 Å². The van der Waals surface area contributed by atoms with E-state index in [-0.39, 0.29) is 6.10 Å². The maximum absolute atomic E-state index is 9.69. The van der Waals surface area contributed by atoms with Crippen molar-refractivity contribution in [1.29, 1.82) is 0 Å². The van der Waals surface area contributed by atoms with Crippen molar-refractivity contribution in [2.75, 3.05) is 0 Å². The topological polar surface area (TPSA) is 29.5 Å². The number of hydrogen-bond donors (Lipinski definition) is 1. The Bertz CT molecular complexity index is 748. The molecule has 2 aromatic rings. The molecule has 0 aromatic heterocycles. The van der Waals surface area contributed by atoms with Crippen molar-refractivity contribution in [3.05, 3.63) is 59.7 Å². The monoisotopic (exact) mass is 392 g/mol. The highest BCUT2D eigenvalue weighted by Crippen LogP contribution is 2.44. The largest absolute Gasteiger partial charge is 0.251 e. The lowest BCUT2D eigenvalue weighted by atomic mass is 9.68. The van der Waals surface area contributed by atoms with E-state index < -0.39 is 0 Å². The fourth-order valence-corrected chi connectivity index (χ4v) is 5.71. The van der Waals surface area contributed by atoms with Crippen molar-refractivity contribution in [3.63, 3.8) is 0 Å². The number of hydrogen-bond acceptors (Lipinski definition) is 2. The second-order valence-electron chi connectivity index (χ2n) is 9.71. The molecule has 2 aromatic carbocycles. The molecule has 2 fully saturated rings. The molecule has 2 aliphatic rings. The van der Waals surface area contributed by atoms with Crippen LogP contribution in [0.2, 0.25) is 0 Å². The van der Waals surface area contributed by atoms with Crippen LogP contribution in [0.5, 0.6) is 0 Å². The van der Waals surface area contributed by atoms with Gasteiger partial charge in [0, 0.05) is 0 Å². The van der Waals surface area contributed by atoms with Crippen LogP contribution >= 0.6 is 0 Å². The lowest BCUT2D eigenvalue weighted by Gasteiger charge is -2.38. The molecule has 0 amide bonds. The Morgan fingerprint density at radius 2 is 1.21 bits per heavy atom. The van der Waals surface area contributed by atoms with Crippen molar-refractivity contribution in [1.82, 2.24) is 0 Å². The summed E-state index contributed by atoms with van der Waals surface area (Å²) in [5, 5.41) is 9.69. The zero-order valence-electron chi connectivity index (χ0n) is 18.0. The molecule has 2 aliphatic carbocycles. The third-order valence-corrected chi connectivity index (χ3v) is 7.71. The predicted molar refractivity (Wildman–Crippen MR) is 120 cm³/mol. The normalized spacial score (nSPS) is 28.8. The van der Waals surface area contributed by atoms with Gasteiger partial charge in [-0.25, -0.2) is 4.89 Å². The summed E-state index contributed by atoms with van der Waals surface area (Å²) in [6.45, 7) is 4.51. The summed E-state index contributed by atoms with van der Waals surface area (Å²) in [5.41, 5.74) is 4.81. The molecule has 2 nitrogen and oxygen atoms in total. The standard InChI is InChI=1S/C27H36O2/c1-19-3-7-21(8-4-19)23-11-15-25(16-12-23)27(29-28)26-17-13-24(14-18-26)22-9-5-20(2)6-10-22/h3-4,7-8,11-12,15-16,20,22,24,26-28H,5-6,9-10,13-14,17-18H2,1-2H3. The maximum Gasteiger partial charge on any atom is 0.120 e. The Labute approximate surface area is 176 Å². The number of aryl methyl sites for hydroxylation is 1. The van der Waals surface area contributed by atoms with Crippen LogP contribution in [0.3, 0.4) is 0 Å². The van der Waals surface area contributed by atoms with E-state index in [1.54, 1.807) is 0 Å². The molecule has 156 valence electrons. The Balaban J connectivity index is 1.37. The van der Waals surface area contributed by atoms with Gasteiger partial charge >= 0.3 is 0 Å². The van der Waals surface area contributed by atoms with Gasteiger partial charge in [-0.3, -0.25) is 5.26 Å². The van der Waals surface area contributed by atoms with Gasteiger partial charge in [0.1, 0.15) is 6.10 Å². The number of benzene rings is 2. The SMILES string of the molecule is Cc1ccc(-c2ccc(C(OO)C3CCC(C4CCC(C)CC4)CC3)cc2)cc1. The third-order valence-electron chi connectivity index (χ3n) is 7.71. The summed E-state index contributed by atoms with van der Waals surface area (Å²) in [5.74, 6) is 3.18. The smallest absolute Gasteiger partial charge is 0.120 e. The molecule has 1 unspecified atom stereocenters. The highest BCUT2D eigenvalue weighted by atomic mass is 17.1. The van der Waals surface area contributed by atoms with Gasteiger partial charge in [0.2, 0.25) is 0 Å². The summed E-state index contributed by atoms with van der Waals surface area (Å²) in [6.07, 6.45) is 10.4. The van der Waals surface area contributed by atoms with Crippen LogP contribution < -0.4 is 0 Å². The zero-order chi connectivity index (χ0) is 20.2. The summed E-state index contributed by atoms with van der Waals surface area (Å²) in [6, 6.07) is 17.2. The van der Waals surface area contributed by atoms with E-state index in [0.29, 0.717) is 5.92 Å². The van der Waals surface area contributed by atoms with Crippen molar-refractivity contribution < 1.29 is 10.1 Å². The van der Waals surface area contributed by atoms with Gasteiger partial charge in [0.05, 0.1) is 0 Å². The second-order valence-corrected chi connectivity index (χ2v) is 9.71. The highest BCUT2D eigenvalue weighted by Gasteiger charge is 2.33. The first-order valence-corrected chi connectivity index (χ1v) is 11.6. The van der Waals surface area contributed by atoms with Gasteiger partial charge in [-0.1, -0.05) is 73.9 Å². The average Bonchev–Trinajstić information content (AvgIpc) is 2.76. The van der Waals surface area contributed by atoms with E-state index in [2.05, 4.69) is 62.4 Å². The molecule has 0 radical (unpaired) electrons. The van der Waals surface area contributed by atoms with Gasteiger partial charge in [-0.05, 0) is 85.8 Å². The van der Waals surface area contributed by atoms with Crippen molar-refractivity contribution >= 4 is 0 Å². The fourth-order valence-electron chi connectivity index (χ4n) is 5.71. The minimum atomic E-state index is -0.200. The van der Waals surface area contributed by atoms with E-state index in [9.17, 15) is 5.26 Å². The van der Waals surface area contributed by atoms with E-state index in [0.717, 1.165) is 23.3 Å². The van der Waals surface area contributed by atoms with E-state index in [1.807, 2.05) is 0 Å². The van der Waals surface area contributed by atoms with E-state index in [4.69, 9.17) is 4.89 Å². The summed E-state index contributed by atoms with van der Waals surface area (Å²) < 4.78 is 0. The minimum Gasteiger partial charge on any atom is -0.251 e. The molecule has 29 heavy (non-hydrogen) atoms. The van der Waals surface area contributed by atoms with Gasteiger partial charge in [-0.15, -0.1) is 0 Å². The first kappa shape index (κ1) is 20.6. The second kappa shape index (κ2) is 9.45. The first-order chi connectivity index (χ1) is 14.1. The van der Waals surface area contributed by atoms with Crippen LogP contribution in [0.4, 0.5) is 0 Å². The predicted octanol–water partition coefficient (Wildman–Crippen LogP) is 7.83. The van der Waals surface area contributed by atoms with Crippen LogP contribution in [0.15, 0.2) is 48.5 Å². The Hall–Kier alpha value is -1.64. The molecule has 4 rings (SSSR count). The maximum atomic E-state index is 9.69. The van der Waals surface area contributed by atoms with Crippen LogP contribution in [0.1, 0.15) is 75.5 Å². The quantitative estimate of drug-likeness (QED) is 0.415. The Morgan fingerprint density at radius 3 is 1.72 bits per heavy atom. The lowest BCUT2D eigenvalue weighted by molar-refractivity contribution is -0.296. The molecule has 2 saturated carbocycles. The van der Waals surface area contributed by atoms with Gasteiger partial charge in [0.15, 0.2) is 0 Å². The van der Waals surface area contributed by atoms with Crippen LogP contribution in [-0.2, 0) is 4.89 Å².